The zero-order valence-electron chi connectivity index (χ0n) is 8.35. The molecule has 1 aromatic rings. The first-order valence-corrected chi connectivity index (χ1v) is 4.14. The normalized spacial score (nSPS) is 9.20. The predicted octanol–water partition coefficient (Wildman–Crippen LogP) is 1.16. The molecule has 0 radical (unpaired) electrons. The molecule has 80 valence electrons. The van der Waals surface area contributed by atoms with Gasteiger partial charge < -0.3 is 14.2 Å². The van der Waals surface area contributed by atoms with Gasteiger partial charge in [0.1, 0.15) is 5.75 Å². The Morgan fingerprint density at radius 3 is 2.60 bits per heavy atom. The molecule has 1 rings (SSSR count). The molecule has 0 aliphatic rings. The molecule has 0 saturated carbocycles. The molecule has 0 heterocycles. The zero-order chi connectivity index (χ0) is 11.3. The van der Waals surface area contributed by atoms with Gasteiger partial charge in [-0.2, -0.15) is 0 Å². The van der Waals surface area contributed by atoms with Gasteiger partial charge in [-0.3, -0.25) is 9.59 Å². The zero-order valence-corrected chi connectivity index (χ0v) is 8.35. The van der Waals surface area contributed by atoms with Crippen molar-refractivity contribution in [2.75, 3.05) is 7.11 Å². The van der Waals surface area contributed by atoms with E-state index in [9.17, 15) is 9.59 Å². The molecule has 5 nitrogen and oxygen atoms in total. The average Bonchev–Trinajstić information content (AvgIpc) is 2.20. The van der Waals surface area contributed by atoms with Crippen molar-refractivity contribution in [1.29, 1.82) is 0 Å². The van der Waals surface area contributed by atoms with Gasteiger partial charge in [-0.05, 0) is 12.1 Å². The molecule has 5 heteroatoms. The third-order valence-corrected chi connectivity index (χ3v) is 1.57. The van der Waals surface area contributed by atoms with Gasteiger partial charge in [0, 0.05) is 13.0 Å². The van der Waals surface area contributed by atoms with Crippen molar-refractivity contribution in [2.24, 2.45) is 0 Å². The van der Waals surface area contributed by atoms with Crippen molar-refractivity contribution in [3.63, 3.8) is 0 Å². The first kappa shape index (κ1) is 11.0. The number of rotatable bonds is 4. The summed E-state index contributed by atoms with van der Waals surface area (Å²) in [6.07, 6.45) is 0. The van der Waals surface area contributed by atoms with E-state index in [0.717, 1.165) is 0 Å². The van der Waals surface area contributed by atoms with Gasteiger partial charge in [0.25, 0.3) is 6.47 Å². The van der Waals surface area contributed by atoms with E-state index in [2.05, 4.69) is 4.74 Å². The van der Waals surface area contributed by atoms with Crippen LogP contribution in [0.5, 0.6) is 17.2 Å². The first-order valence-electron chi connectivity index (χ1n) is 4.14. The number of carbonyl (C=O) groups is 2. The van der Waals surface area contributed by atoms with Crippen molar-refractivity contribution in [2.45, 2.75) is 6.92 Å². The molecule has 0 saturated heterocycles. The molecule has 0 spiro atoms. The maximum Gasteiger partial charge on any atom is 0.308 e. The second-order valence-electron chi connectivity index (χ2n) is 2.62. The van der Waals surface area contributed by atoms with Crippen molar-refractivity contribution < 1.29 is 23.8 Å². The van der Waals surface area contributed by atoms with Gasteiger partial charge in [-0.15, -0.1) is 0 Å². The number of hydrogen-bond donors (Lipinski definition) is 0. The Morgan fingerprint density at radius 2 is 2.07 bits per heavy atom. The summed E-state index contributed by atoms with van der Waals surface area (Å²) in [5.41, 5.74) is 0. The van der Waals surface area contributed by atoms with E-state index in [1.807, 2.05) is 0 Å². The quantitative estimate of drug-likeness (QED) is 0.424. The summed E-state index contributed by atoms with van der Waals surface area (Å²) in [5, 5.41) is 0. The molecule has 0 aliphatic carbocycles. The van der Waals surface area contributed by atoms with Crippen LogP contribution in [-0.4, -0.2) is 19.6 Å². The third kappa shape index (κ3) is 2.98. The SMILES string of the molecule is COc1cc(OC=O)ccc1OC(C)=O. The van der Waals surface area contributed by atoms with E-state index in [0.29, 0.717) is 18.0 Å². The van der Waals surface area contributed by atoms with Gasteiger partial charge in [0.15, 0.2) is 11.5 Å². The van der Waals surface area contributed by atoms with Crippen LogP contribution in [0.3, 0.4) is 0 Å². The lowest BCUT2D eigenvalue weighted by molar-refractivity contribution is -0.132. The van der Waals surface area contributed by atoms with Gasteiger partial charge in [0.2, 0.25) is 0 Å². The van der Waals surface area contributed by atoms with E-state index < -0.39 is 5.97 Å². The molecule has 0 amide bonds. The second kappa shape index (κ2) is 4.99. The Balaban J connectivity index is 2.97. The summed E-state index contributed by atoms with van der Waals surface area (Å²) in [6, 6.07) is 4.43. The van der Waals surface area contributed by atoms with Crippen molar-refractivity contribution in [3.05, 3.63) is 18.2 Å². The summed E-state index contributed by atoms with van der Waals surface area (Å²) in [4.78, 5) is 20.8. The lowest BCUT2D eigenvalue weighted by atomic mass is 10.3. The minimum absolute atomic E-state index is 0.281. The molecular weight excluding hydrogens is 200 g/mol. The van der Waals surface area contributed by atoms with Crippen LogP contribution < -0.4 is 14.2 Å². The van der Waals surface area contributed by atoms with Crippen molar-refractivity contribution >= 4 is 12.4 Å². The maximum absolute atomic E-state index is 10.7. The Bertz CT molecular complexity index is 372. The number of esters is 1. The van der Waals surface area contributed by atoms with E-state index in [4.69, 9.17) is 9.47 Å². The van der Waals surface area contributed by atoms with Crippen LogP contribution in [-0.2, 0) is 9.59 Å². The number of benzene rings is 1. The maximum atomic E-state index is 10.7. The van der Waals surface area contributed by atoms with Crippen molar-refractivity contribution in [3.8, 4) is 17.2 Å². The number of hydrogen-bond acceptors (Lipinski definition) is 5. The van der Waals surface area contributed by atoms with Gasteiger partial charge in [0.05, 0.1) is 7.11 Å². The summed E-state index contributed by atoms with van der Waals surface area (Å²) < 4.78 is 14.4. The van der Waals surface area contributed by atoms with Crippen LogP contribution in [0.25, 0.3) is 0 Å². The molecule has 0 aliphatic heterocycles. The predicted molar refractivity (Wildman–Crippen MR) is 51.0 cm³/mol. The van der Waals surface area contributed by atoms with Crippen LogP contribution in [0.4, 0.5) is 0 Å². The fraction of sp³-hybridized carbons (Fsp3) is 0.200. The highest BCUT2D eigenvalue weighted by Crippen LogP contribution is 2.31. The van der Waals surface area contributed by atoms with Crippen LogP contribution in [0, 0.1) is 0 Å². The minimum Gasteiger partial charge on any atom is -0.493 e. The van der Waals surface area contributed by atoms with E-state index in [1.54, 1.807) is 0 Å². The average molecular weight is 210 g/mol. The summed E-state index contributed by atoms with van der Waals surface area (Å²) in [5.74, 6) is 0.475. The monoisotopic (exact) mass is 210 g/mol. The van der Waals surface area contributed by atoms with E-state index >= 15 is 0 Å². The Hall–Kier alpha value is -2.04. The van der Waals surface area contributed by atoms with Crippen LogP contribution in [0.15, 0.2) is 18.2 Å². The van der Waals surface area contributed by atoms with Crippen molar-refractivity contribution in [1.82, 2.24) is 0 Å². The van der Waals surface area contributed by atoms with Crippen LogP contribution in [0.2, 0.25) is 0 Å². The smallest absolute Gasteiger partial charge is 0.308 e. The van der Waals surface area contributed by atoms with Crippen LogP contribution >= 0.6 is 0 Å². The number of methoxy groups -OCH3 is 1. The molecule has 0 fully saturated rings. The standard InChI is InChI=1S/C10H10O5/c1-7(12)15-9-4-3-8(14-6-11)5-10(9)13-2/h3-6H,1-2H3. The highest BCUT2D eigenvalue weighted by atomic mass is 16.6. The molecule has 0 unspecified atom stereocenters. The highest BCUT2D eigenvalue weighted by molar-refractivity contribution is 5.70. The van der Waals surface area contributed by atoms with Gasteiger partial charge >= 0.3 is 5.97 Å². The lowest BCUT2D eigenvalue weighted by Crippen LogP contribution is -2.03. The fourth-order valence-electron chi connectivity index (χ4n) is 1.02. The molecule has 15 heavy (non-hydrogen) atoms. The minimum atomic E-state index is -0.447. The van der Waals surface area contributed by atoms with Gasteiger partial charge in [-0.1, -0.05) is 0 Å². The highest BCUT2D eigenvalue weighted by Gasteiger charge is 2.08. The first-order chi connectivity index (χ1) is 7.17. The molecule has 0 bridgehead atoms. The molecule has 0 atom stereocenters. The molecule has 1 aromatic carbocycles. The fourth-order valence-corrected chi connectivity index (χ4v) is 1.02. The van der Waals surface area contributed by atoms with Crippen LogP contribution in [0.1, 0.15) is 6.92 Å². The summed E-state index contributed by atoms with van der Waals surface area (Å²) in [6.45, 7) is 1.59. The molecule has 0 N–H and O–H groups in total. The molecular formula is C10H10O5. The number of ether oxygens (including phenoxy) is 3. The largest absolute Gasteiger partial charge is 0.493 e. The Morgan fingerprint density at radius 1 is 1.33 bits per heavy atom. The van der Waals surface area contributed by atoms with E-state index in [-0.39, 0.29) is 5.75 Å². The second-order valence-corrected chi connectivity index (χ2v) is 2.62. The topological polar surface area (TPSA) is 61.8 Å². The summed E-state index contributed by atoms with van der Waals surface area (Å²) in [7, 11) is 1.42. The Kier molecular flexibility index (Phi) is 3.68. The lowest BCUT2D eigenvalue weighted by Gasteiger charge is -2.08. The Labute approximate surface area is 86.6 Å². The number of carbonyl (C=O) groups excluding carboxylic acids is 2. The molecule has 0 aromatic heterocycles. The summed E-state index contributed by atoms with van der Waals surface area (Å²) >= 11 is 0. The van der Waals surface area contributed by atoms with E-state index in [1.165, 1.54) is 32.2 Å². The van der Waals surface area contributed by atoms with Gasteiger partial charge in [-0.25, -0.2) is 0 Å². The third-order valence-electron chi connectivity index (χ3n) is 1.57.